The summed E-state index contributed by atoms with van der Waals surface area (Å²) in [7, 11) is 0. The molecule has 0 spiro atoms. The Bertz CT molecular complexity index is 368. The smallest absolute Gasteiger partial charge is 0.129 e. The molecule has 1 aromatic carbocycles. The second kappa shape index (κ2) is 4.42. The van der Waals surface area contributed by atoms with Crippen LogP contribution in [0.25, 0.3) is 0 Å². The van der Waals surface area contributed by atoms with Crippen molar-refractivity contribution in [3.05, 3.63) is 29.6 Å². The molecule has 2 rings (SSSR count). The average molecular weight is 222 g/mol. The van der Waals surface area contributed by atoms with Crippen LogP contribution in [-0.4, -0.2) is 13.1 Å². The van der Waals surface area contributed by atoms with E-state index in [4.69, 9.17) is 5.73 Å². The number of hydrogen-bond acceptors (Lipinski definition) is 2. The minimum atomic E-state index is -0.188. The Hall–Kier alpha value is -1.09. The molecular weight excluding hydrogens is 203 g/mol. The molecule has 0 saturated carbocycles. The molecule has 2 atom stereocenters. The Balaban J connectivity index is 2.31. The van der Waals surface area contributed by atoms with Gasteiger partial charge < -0.3 is 10.6 Å². The van der Waals surface area contributed by atoms with Crippen molar-refractivity contribution < 1.29 is 4.39 Å². The van der Waals surface area contributed by atoms with Gasteiger partial charge in [0.1, 0.15) is 5.82 Å². The molecule has 0 aliphatic carbocycles. The Kier molecular flexibility index (Phi) is 3.15. The Morgan fingerprint density at radius 1 is 1.31 bits per heavy atom. The van der Waals surface area contributed by atoms with E-state index >= 15 is 0 Å². The fourth-order valence-electron chi connectivity index (χ4n) is 2.37. The van der Waals surface area contributed by atoms with Gasteiger partial charge in [0.25, 0.3) is 0 Å². The Morgan fingerprint density at radius 2 is 1.94 bits per heavy atom. The van der Waals surface area contributed by atoms with E-state index in [1.807, 2.05) is 6.07 Å². The maximum absolute atomic E-state index is 13.6. The molecule has 0 bridgehead atoms. The summed E-state index contributed by atoms with van der Waals surface area (Å²) in [5.41, 5.74) is 7.24. The zero-order valence-electron chi connectivity index (χ0n) is 9.91. The Labute approximate surface area is 96.2 Å². The summed E-state index contributed by atoms with van der Waals surface area (Å²) in [5, 5.41) is 0. The van der Waals surface area contributed by atoms with Gasteiger partial charge in [-0.25, -0.2) is 4.39 Å². The molecule has 1 fully saturated rings. The quantitative estimate of drug-likeness (QED) is 0.832. The van der Waals surface area contributed by atoms with Gasteiger partial charge in [-0.05, 0) is 24.0 Å². The lowest BCUT2D eigenvalue weighted by molar-refractivity contribution is 0.494. The largest absolute Gasteiger partial charge is 0.371 e. The molecular formula is C13H19FN2. The average Bonchev–Trinajstić information content (AvgIpc) is 2.59. The zero-order valence-corrected chi connectivity index (χ0v) is 9.91. The summed E-state index contributed by atoms with van der Waals surface area (Å²) in [6.45, 7) is 6.74. The monoisotopic (exact) mass is 222 g/mol. The summed E-state index contributed by atoms with van der Waals surface area (Å²) in [6, 6.07) is 5.21. The van der Waals surface area contributed by atoms with E-state index < -0.39 is 0 Å². The molecule has 2 unspecified atom stereocenters. The van der Waals surface area contributed by atoms with Gasteiger partial charge in [0.15, 0.2) is 0 Å². The molecule has 0 radical (unpaired) electrons. The maximum Gasteiger partial charge on any atom is 0.129 e. The van der Waals surface area contributed by atoms with E-state index in [2.05, 4.69) is 18.7 Å². The van der Waals surface area contributed by atoms with Crippen molar-refractivity contribution in [1.29, 1.82) is 0 Å². The normalized spacial score (nSPS) is 25.1. The summed E-state index contributed by atoms with van der Waals surface area (Å²) in [6.07, 6.45) is 0. The molecule has 1 aromatic rings. The van der Waals surface area contributed by atoms with Crippen LogP contribution in [0.1, 0.15) is 19.4 Å². The number of rotatable bonds is 2. The Morgan fingerprint density at radius 3 is 2.50 bits per heavy atom. The first-order chi connectivity index (χ1) is 7.63. The van der Waals surface area contributed by atoms with Crippen molar-refractivity contribution in [2.24, 2.45) is 17.6 Å². The van der Waals surface area contributed by atoms with E-state index in [9.17, 15) is 4.39 Å². The van der Waals surface area contributed by atoms with E-state index in [0.29, 0.717) is 17.4 Å². The third-order valence-electron chi connectivity index (χ3n) is 3.63. The molecule has 88 valence electrons. The van der Waals surface area contributed by atoms with Gasteiger partial charge in [-0.1, -0.05) is 19.9 Å². The lowest BCUT2D eigenvalue weighted by atomic mass is 10.0. The van der Waals surface area contributed by atoms with Gasteiger partial charge in [0.2, 0.25) is 0 Å². The van der Waals surface area contributed by atoms with E-state index in [0.717, 1.165) is 18.8 Å². The minimum Gasteiger partial charge on any atom is -0.371 e. The van der Waals surface area contributed by atoms with Crippen LogP contribution in [-0.2, 0) is 6.54 Å². The van der Waals surface area contributed by atoms with Crippen molar-refractivity contribution in [2.45, 2.75) is 20.4 Å². The molecule has 2 nitrogen and oxygen atoms in total. The molecule has 16 heavy (non-hydrogen) atoms. The van der Waals surface area contributed by atoms with Crippen molar-refractivity contribution in [3.8, 4) is 0 Å². The van der Waals surface area contributed by atoms with Crippen LogP contribution in [0.5, 0.6) is 0 Å². The fraction of sp³-hybridized carbons (Fsp3) is 0.538. The van der Waals surface area contributed by atoms with Crippen LogP contribution in [0.2, 0.25) is 0 Å². The van der Waals surface area contributed by atoms with E-state index in [1.165, 1.54) is 6.07 Å². The van der Waals surface area contributed by atoms with Gasteiger partial charge in [-0.15, -0.1) is 0 Å². The molecule has 0 aromatic heterocycles. The number of benzene rings is 1. The first-order valence-electron chi connectivity index (χ1n) is 5.86. The second-order valence-electron chi connectivity index (χ2n) is 4.80. The third-order valence-corrected chi connectivity index (χ3v) is 3.63. The van der Waals surface area contributed by atoms with Crippen molar-refractivity contribution >= 4 is 5.69 Å². The van der Waals surface area contributed by atoms with Crippen LogP contribution in [0.4, 0.5) is 10.1 Å². The van der Waals surface area contributed by atoms with Crippen LogP contribution in [0, 0.1) is 17.7 Å². The highest BCUT2D eigenvalue weighted by atomic mass is 19.1. The molecule has 1 aliphatic rings. The fourth-order valence-corrected chi connectivity index (χ4v) is 2.37. The van der Waals surface area contributed by atoms with Gasteiger partial charge in [-0.3, -0.25) is 0 Å². The number of nitrogens with zero attached hydrogens (tertiary/aromatic N) is 1. The van der Waals surface area contributed by atoms with Crippen LogP contribution in [0.15, 0.2) is 18.2 Å². The summed E-state index contributed by atoms with van der Waals surface area (Å²) >= 11 is 0. The third kappa shape index (κ3) is 1.92. The first kappa shape index (κ1) is 11.4. The van der Waals surface area contributed by atoms with Gasteiger partial charge in [-0.2, -0.15) is 0 Å². The highest BCUT2D eigenvalue weighted by Gasteiger charge is 2.27. The van der Waals surface area contributed by atoms with Crippen LogP contribution in [0.3, 0.4) is 0 Å². The first-order valence-corrected chi connectivity index (χ1v) is 5.86. The lowest BCUT2D eigenvalue weighted by Gasteiger charge is -2.21. The van der Waals surface area contributed by atoms with Crippen molar-refractivity contribution in [3.63, 3.8) is 0 Å². The highest BCUT2D eigenvalue weighted by molar-refractivity contribution is 5.55. The van der Waals surface area contributed by atoms with E-state index in [-0.39, 0.29) is 12.4 Å². The number of hydrogen-bond donors (Lipinski definition) is 1. The minimum absolute atomic E-state index is 0.188. The number of halogens is 1. The highest BCUT2D eigenvalue weighted by Crippen LogP contribution is 2.30. The number of nitrogens with two attached hydrogens (primary N) is 1. The molecule has 1 saturated heterocycles. The standard InChI is InChI=1S/C13H19FN2/c1-9-7-16(8-10(9)2)13-5-3-4-12(14)11(13)6-15/h3-5,9-10H,6-8,15H2,1-2H3. The summed E-state index contributed by atoms with van der Waals surface area (Å²) in [4.78, 5) is 2.25. The van der Waals surface area contributed by atoms with Crippen LogP contribution >= 0.6 is 0 Å². The van der Waals surface area contributed by atoms with Crippen molar-refractivity contribution in [1.82, 2.24) is 0 Å². The second-order valence-corrected chi connectivity index (χ2v) is 4.80. The maximum atomic E-state index is 13.6. The summed E-state index contributed by atoms with van der Waals surface area (Å²) in [5.74, 6) is 1.13. The predicted molar refractivity (Wildman–Crippen MR) is 64.8 cm³/mol. The molecule has 1 aliphatic heterocycles. The molecule has 3 heteroatoms. The van der Waals surface area contributed by atoms with E-state index in [1.54, 1.807) is 6.07 Å². The van der Waals surface area contributed by atoms with Gasteiger partial charge in [0, 0.05) is 30.9 Å². The topological polar surface area (TPSA) is 29.3 Å². The van der Waals surface area contributed by atoms with Gasteiger partial charge >= 0.3 is 0 Å². The predicted octanol–water partition coefficient (Wildman–Crippen LogP) is 2.38. The van der Waals surface area contributed by atoms with Crippen molar-refractivity contribution in [2.75, 3.05) is 18.0 Å². The summed E-state index contributed by atoms with van der Waals surface area (Å²) < 4.78 is 13.6. The van der Waals surface area contributed by atoms with Gasteiger partial charge in [0.05, 0.1) is 0 Å². The van der Waals surface area contributed by atoms with Crippen LogP contribution < -0.4 is 10.6 Å². The SMILES string of the molecule is CC1CN(c2cccc(F)c2CN)CC1C. The number of anilines is 1. The zero-order chi connectivity index (χ0) is 11.7. The molecule has 1 heterocycles. The molecule has 0 amide bonds. The lowest BCUT2D eigenvalue weighted by Crippen LogP contribution is -2.22. The molecule has 2 N–H and O–H groups in total.